The van der Waals surface area contributed by atoms with E-state index in [1.54, 1.807) is 0 Å². The van der Waals surface area contributed by atoms with Gasteiger partial charge in [-0.05, 0) is 44.1 Å². The predicted molar refractivity (Wildman–Crippen MR) is 157 cm³/mol. The summed E-state index contributed by atoms with van der Waals surface area (Å²) in [6.45, 7) is 8.45. The predicted octanol–water partition coefficient (Wildman–Crippen LogP) is 3.44. The number of nitrogens with zero attached hydrogens (tertiary/aromatic N) is 2. The number of rotatable bonds is 22. The molecular formula is C30H43N3O8. The zero-order valence-electron chi connectivity index (χ0n) is 24.1. The molecule has 1 aliphatic rings. The zero-order chi connectivity index (χ0) is 29.5. The highest BCUT2D eigenvalue weighted by molar-refractivity contribution is 6.52. The van der Waals surface area contributed by atoms with Crippen LogP contribution in [0.25, 0.3) is 0 Å². The molecule has 0 bridgehead atoms. The van der Waals surface area contributed by atoms with E-state index in [-0.39, 0.29) is 18.9 Å². The van der Waals surface area contributed by atoms with Crippen molar-refractivity contribution in [2.24, 2.45) is 9.98 Å². The van der Waals surface area contributed by atoms with Crippen LogP contribution in [0.5, 0.6) is 0 Å². The Balaban J connectivity index is 1.52. The molecule has 11 nitrogen and oxygen atoms in total. The molecule has 0 aliphatic heterocycles. The lowest BCUT2D eigenvalue weighted by molar-refractivity contribution is -0.138. The Labute approximate surface area is 242 Å². The number of amides is 1. The van der Waals surface area contributed by atoms with Gasteiger partial charge in [-0.1, -0.05) is 24.3 Å². The van der Waals surface area contributed by atoms with Gasteiger partial charge in [0.15, 0.2) is 0 Å². The Bertz CT molecular complexity index is 1050. The summed E-state index contributed by atoms with van der Waals surface area (Å²) in [5, 5.41) is 11.3. The molecule has 1 aliphatic carbocycles. The molecule has 2 rings (SSSR count). The Morgan fingerprint density at radius 1 is 0.878 bits per heavy atom. The number of hydrogen-bond acceptors (Lipinski definition) is 9. The van der Waals surface area contributed by atoms with Crippen molar-refractivity contribution in [3.8, 4) is 0 Å². The number of hydrogen-bond donors (Lipinski definition) is 2. The molecule has 226 valence electrons. The Kier molecular flexibility index (Phi) is 17.6. The van der Waals surface area contributed by atoms with Crippen molar-refractivity contribution in [2.75, 3.05) is 72.6 Å². The Morgan fingerprint density at radius 3 is 2.20 bits per heavy atom. The third-order valence-electron chi connectivity index (χ3n) is 5.60. The number of aliphatic carboxylic acids is 1. The summed E-state index contributed by atoms with van der Waals surface area (Å²) in [6.07, 6.45) is 6.60. The first-order valence-corrected chi connectivity index (χ1v) is 14.0. The van der Waals surface area contributed by atoms with Crippen molar-refractivity contribution < 1.29 is 38.4 Å². The maximum atomic E-state index is 12.2. The third kappa shape index (κ3) is 15.3. The van der Waals surface area contributed by atoms with E-state index in [1.165, 1.54) is 0 Å². The summed E-state index contributed by atoms with van der Waals surface area (Å²) in [6, 6.07) is 7.92. The Morgan fingerprint density at radius 2 is 1.54 bits per heavy atom. The lowest BCUT2D eigenvalue weighted by Crippen LogP contribution is -2.27. The summed E-state index contributed by atoms with van der Waals surface area (Å²) in [5.74, 6) is -0.294. The normalized spacial score (nSPS) is 14.8. The highest BCUT2D eigenvalue weighted by Crippen LogP contribution is 2.21. The number of carbonyl (C=O) groups is 2. The molecule has 0 saturated carbocycles. The van der Waals surface area contributed by atoms with Crippen LogP contribution in [0.2, 0.25) is 0 Å². The van der Waals surface area contributed by atoms with E-state index in [0.29, 0.717) is 90.3 Å². The molecule has 1 aromatic carbocycles. The van der Waals surface area contributed by atoms with Gasteiger partial charge in [-0.3, -0.25) is 14.6 Å². The van der Waals surface area contributed by atoms with Gasteiger partial charge in [-0.25, -0.2) is 4.99 Å². The van der Waals surface area contributed by atoms with Gasteiger partial charge in [0, 0.05) is 19.5 Å². The number of aliphatic imine (C=N–C) groups is 2. The summed E-state index contributed by atoms with van der Waals surface area (Å²) in [5.41, 5.74) is 3.41. The number of carboxylic acids is 1. The third-order valence-corrected chi connectivity index (χ3v) is 5.60. The minimum atomic E-state index is -0.882. The molecule has 0 saturated heterocycles. The van der Waals surface area contributed by atoms with Gasteiger partial charge in [0.25, 0.3) is 0 Å². The molecular weight excluding hydrogens is 530 g/mol. The van der Waals surface area contributed by atoms with E-state index in [2.05, 4.69) is 10.3 Å². The second-order valence-corrected chi connectivity index (χ2v) is 8.89. The average molecular weight is 574 g/mol. The van der Waals surface area contributed by atoms with Gasteiger partial charge in [0.1, 0.15) is 11.5 Å². The second-order valence-electron chi connectivity index (χ2n) is 8.89. The highest BCUT2D eigenvalue weighted by atomic mass is 16.6. The van der Waals surface area contributed by atoms with E-state index in [1.807, 2.05) is 56.3 Å². The van der Waals surface area contributed by atoms with Gasteiger partial charge in [-0.2, -0.15) is 0 Å². The van der Waals surface area contributed by atoms with Gasteiger partial charge in [0.2, 0.25) is 5.91 Å². The summed E-state index contributed by atoms with van der Waals surface area (Å²) < 4.78 is 27.3. The number of carboxylic acid groups (broad SMARTS) is 1. The molecule has 0 heterocycles. The fourth-order valence-corrected chi connectivity index (χ4v) is 3.53. The molecule has 0 aromatic heterocycles. The molecule has 11 heteroatoms. The average Bonchev–Trinajstić information content (AvgIpc) is 2.95. The van der Waals surface area contributed by atoms with E-state index in [0.717, 1.165) is 17.0 Å². The summed E-state index contributed by atoms with van der Waals surface area (Å²) >= 11 is 0. The standard InChI is InChI=1S/C30H43N3O8/c1-3-31-26-10-6-11-27(30(26)33-25-9-5-4-8-24(25)2)41-15-7-12-28(34)32-14-17-38-19-21-40-23-22-39-20-18-37-16-13-29(35)36/h4-6,8-11H,3,7,12-23H2,1-2H3,(H,32,34)(H,35,36). The quantitative estimate of drug-likeness (QED) is 0.159. The molecule has 0 radical (unpaired) electrons. The van der Waals surface area contributed by atoms with Crippen molar-refractivity contribution in [2.45, 2.75) is 33.1 Å². The molecule has 0 spiro atoms. The van der Waals surface area contributed by atoms with Gasteiger partial charge < -0.3 is 34.1 Å². The second kappa shape index (κ2) is 21.4. The number of ether oxygens (including phenoxy) is 5. The minimum Gasteiger partial charge on any atom is -0.491 e. The molecule has 0 fully saturated rings. The lowest BCUT2D eigenvalue weighted by Gasteiger charge is -2.16. The molecule has 0 unspecified atom stereocenters. The number of aryl methyl sites for hydroxylation is 1. The van der Waals surface area contributed by atoms with Crippen LogP contribution in [0.4, 0.5) is 5.69 Å². The smallest absolute Gasteiger partial charge is 0.305 e. The van der Waals surface area contributed by atoms with Crippen LogP contribution in [-0.4, -0.2) is 101 Å². The number of nitrogens with one attached hydrogen (secondary N) is 1. The fourth-order valence-electron chi connectivity index (χ4n) is 3.53. The fraction of sp³-hybridized carbons (Fsp3) is 0.533. The number of allylic oxidation sites excluding steroid dienone is 4. The zero-order valence-corrected chi connectivity index (χ0v) is 24.1. The SMILES string of the molecule is CCN=C1C=CC=C(OCCCC(=O)NCCOCCOCCOCCOCCC(=O)O)C1=Nc1ccccc1C. The molecule has 1 amide bonds. The van der Waals surface area contributed by atoms with Crippen LogP contribution in [0, 0.1) is 6.92 Å². The Hall–Kier alpha value is -3.38. The number of para-hydroxylation sites is 1. The molecule has 2 N–H and O–H groups in total. The van der Waals surface area contributed by atoms with Crippen LogP contribution >= 0.6 is 0 Å². The summed E-state index contributed by atoms with van der Waals surface area (Å²) in [4.78, 5) is 31.9. The van der Waals surface area contributed by atoms with E-state index in [9.17, 15) is 9.59 Å². The van der Waals surface area contributed by atoms with Gasteiger partial charge >= 0.3 is 5.97 Å². The highest BCUT2D eigenvalue weighted by Gasteiger charge is 2.17. The monoisotopic (exact) mass is 573 g/mol. The molecule has 1 aromatic rings. The van der Waals surface area contributed by atoms with E-state index in [4.69, 9.17) is 33.8 Å². The van der Waals surface area contributed by atoms with E-state index >= 15 is 0 Å². The van der Waals surface area contributed by atoms with Crippen LogP contribution in [0.3, 0.4) is 0 Å². The molecule has 41 heavy (non-hydrogen) atoms. The number of carbonyl (C=O) groups excluding carboxylic acids is 1. The molecule has 0 atom stereocenters. The maximum Gasteiger partial charge on any atom is 0.305 e. The largest absolute Gasteiger partial charge is 0.491 e. The van der Waals surface area contributed by atoms with Crippen molar-refractivity contribution in [3.63, 3.8) is 0 Å². The van der Waals surface area contributed by atoms with Crippen molar-refractivity contribution in [3.05, 3.63) is 53.8 Å². The van der Waals surface area contributed by atoms with Crippen LogP contribution in [-0.2, 0) is 33.3 Å². The number of benzene rings is 1. The van der Waals surface area contributed by atoms with Gasteiger partial charge in [-0.15, -0.1) is 0 Å². The first-order chi connectivity index (χ1) is 20.0. The first-order valence-electron chi connectivity index (χ1n) is 14.0. The first kappa shape index (κ1) is 33.8. The minimum absolute atomic E-state index is 0.0126. The van der Waals surface area contributed by atoms with Crippen molar-refractivity contribution >= 4 is 29.0 Å². The van der Waals surface area contributed by atoms with Crippen LogP contribution in [0.15, 0.2) is 58.2 Å². The van der Waals surface area contributed by atoms with Crippen LogP contribution in [0.1, 0.15) is 31.7 Å². The lowest BCUT2D eigenvalue weighted by atomic mass is 10.1. The maximum absolute atomic E-state index is 12.2. The van der Waals surface area contributed by atoms with Crippen molar-refractivity contribution in [1.29, 1.82) is 0 Å². The topological polar surface area (TPSA) is 137 Å². The summed E-state index contributed by atoms with van der Waals surface area (Å²) in [7, 11) is 0. The van der Waals surface area contributed by atoms with Crippen LogP contribution < -0.4 is 5.32 Å². The van der Waals surface area contributed by atoms with E-state index < -0.39 is 5.97 Å². The van der Waals surface area contributed by atoms with Crippen molar-refractivity contribution in [1.82, 2.24) is 5.32 Å². The van der Waals surface area contributed by atoms with Gasteiger partial charge in [0.05, 0.1) is 77.3 Å².